The topological polar surface area (TPSA) is 237 Å². The molecule has 0 radical (unpaired) electrons. The summed E-state index contributed by atoms with van der Waals surface area (Å²) in [6.07, 6.45) is 40.5. The lowest BCUT2D eigenvalue weighted by Gasteiger charge is -2.21. The van der Waals surface area contributed by atoms with E-state index in [0.29, 0.717) is 31.6 Å². The fourth-order valence-electron chi connectivity index (χ4n) is 9.71. The van der Waals surface area contributed by atoms with E-state index in [1.54, 1.807) is 0 Å². The molecule has 3 N–H and O–H groups in total. The zero-order chi connectivity index (χ0) is 62.2. The molecular formula is C65H126O17P2. The van der Waals surface area contributed by atoms with Crippen LogP contribution < -0.4 is 0 Å². The van der Waals surface area contributed by atoms with E-state index < -0.39 is 97.5 Å². The van der Waals surface area contributed by atoms with Crippen LogP contribution in [0.1, 0.15) is 324 Å². The highest BCUT2D eigenvalue weighted by atomic mass is 31.2. The molecule has 84 heavy (non-hydrogen) atoms. The summed E-state index contributed by atoms with van der Waals surface area (Å²) in [4.78, 5) is 72.2. The molecule has 2 unspecified atom stereocenters. The van der Waals surface area contributed by atoms with Gasteiger partial charge in [0, 0.05) is 25.7 Å². The number of phosphoric acid groups is 2. The van der Waals surface area contributed by atoms with Crippen molar-refractivity contribution in [2.75, 3.05) is 39.6 Å². The van der Waals surface area contributed by atoms with Crippen LogP contribution in [0, 0.1) is 11.8 Å². The van der Waals surface area contributed by atoms with Gasteiger partial charge in [0.15, 0.2) is 12.2 Å². The first-order chi connectivity index (χ1) is 40.4. The fourth-order valence-corrected chi connectivity index (χ4v) is 11.3. The number of hydrogen-bond donors (Lipinski definition) is 3. The van der Waals surface area contributed by atoms with Gasteiger partial charge >= 0.3 is 39.5 Å². The van der Waals surface area contributed by atoms with Crippen molar-refractivity contribution in [3.8, 4) is 0 Å². The molecule has 0 aliphatic heterocycles. The number of esters is 4. The zero-order valence-electron chi connectivity index (χ0n) is 54.2. The molecule has 0 bridgehead atoms. The summed E-state index contributed by atoms with van der Waals surface area (Å²) in [5.41, 5.74) is 0. The molecule has 0 aromatic heterocycles. The lowest BCUT2D eigenvalue weighted by atomic mass is 10.0. The Morgan fingerprint density at radius 3 is 0.810 bits per heavy atom. The summed E-state index contributed by atoms with van der Waals surface area (Å²) in [5.74, 6) is -0.741. The number of rotatable bonds is 64. The highest BCUT2D eigenvalue weighted by Crippen LogP contribution is 2.45. The number of aliphatic hydroxyl groups excluding tert-OH is 1. The van der Waals surface area contributed by atoms with E-state index in [4.69, 9.17) is 37.0 Å². The Bertz CT molecular complexity index is 1650. The van der Waals surface area contributed by atoms with Gasteiger partial charge in [-0.15, -0.1) is 0 Å². The number of carbonyl (C=O) groups is 4. The normalized spacial score (nSPS) is 14.3. The second-order valence-corrected chi connectivity index (χ2v) is 27.4. The maximum Gasteiger partial charge on any atom is 0.472 e. The van der Waals surface area contributed by atoms with Crippen LogP contribution in [0.4, 0.5) is 0 Å². The number of phosphoric ester groups is 2. The van der Waals surface area contributed by atoms with Crippen molar-refractivity contribution < 1.29 is 80.2 Å². The lowest BCUT2D eigenvalue weighted by molar-refractivity contribution is -0.161. The van der Waals surface area contributed by atoms with Crippen molar-refractivity contribution >= 4 is 39.5 Å². The Kier molecular flexibility index (Phi) is 56.2. The summed E-state index contributed by atoms with van der Waals surface area (Å²) < 4.78 is 68.0. The first kappa shape index (κ1) is 82.1. The smallest absolute Gasteiger partial charge is 0.462 e. The van der Waals surface area contributed by atoms with Crippen molar-refractivity contribution in [2.45, 2.75) is 342 Å². The highest BCUT2D eigenvalue weighted by Gasteiger charge is 2.30. The quantitative estimate of drug-likeness (QED) is 0.0222. The van der Waals surface area contributed by atoms with Gasteiger partial charge in [-0.05, 0) is 37.5 Å². The van der Waals surface area contributed by atoms with Gasteiger partial charge in [-0.25, -0.2) is 9.13 Å². The van der Waals surface area contributed by atoms with Crippen LogP contribution in [0.25, 0.3) is 0 Å². The molecule has 0 heterocycles. The molecule has 0 aliphatic carbocycles. The van der Waals surface area contributed by atoms with Crippen molar-refractivity contribution in [3.63, 3.8) is 0 Å². The van der Waals surface area contributed by atoms with E-state index in [0.717, 1.165) is 95.8 Å². The third-order valence-electron chi connectivity index (χ3n) is 15.0. The van der Waals surface area contributed by atoms with Gasteiger partial charge in [-0.2, -0.15) is 0 Å². The second-order valence-electron chi connectivity index (χ2n) is 24.5. The van der Waals surface area contributed by atoms with Crippen molar-refractivity contribution in [2.24, 2.45) is 11.8 Å². The molecule has 0 rings (SSSR count). The molecule has 0 aromatic carbocycles. The van der Waals surface area contributed by atoms with Gasteiger partial charge in [0.2, 0.25) is 0 Å². The SMILES string of the molecule is CCCCCCCCCCCCCCCCCC(=O)O[C@H](COC(=O)CCCCCCCCCCC(C)C)COP(=O)(O)OC[C@@H](O)COP(=O)(O)OC[C@@H](COC(=O)CCCCCCCCCCC)OC(=O)CCCCCCCCC(C)C. The summed E-state index contributed by atoms with van der Waals surface area (Å²) in [7, 11) is -9.89. The van der Waals surface area contributed by atoms with Gasteiger partial charge in [0.05, 0.1) is 26.4 Å². The van der Waals surface area contributed by atoms with E-state index in [9.17, 15) is 43.2 Å². The van der Waals surface area contributed by atoms with Gasteiger partial charge in [-0.1, -0.05) is 273 Å². The Morgan fingerprint density at radius 1 is 0.321 bits per heavy atom. The summed E-state index contributed by atoms with van der Waals surface area (Å²) in [5, 5.41) is 10.5. The average Bonchev–Trinajstić information content (AvgIpc) is 3.46. The van der Waals surface area contributed by atoms with Crippen LogP contribution in [0.5, 0.6) is 0 Å². The van der Waals surface area contributed by atoms with Gasteiger partial charge in [-0.3, -0.25) is 37.3 Å². The summed E-state index contributed by atoms with van der Waals surface area (Å²) >= 11 is 0. The van der Waals surface area contributed by atoms with Crippen LogP contribution in [0.2, 0.25) is 0 Å². The molecule has 5 atom stereocenters. The first-order valence-corrected chi connectivity index (χ1v) is 37.0. The van der Waals surface area contributed by atoms with Crippen LogP contribution >= 0.6 is 15.6 Å². The van der Waals surface area contributed by atoms with Crippen molar-refractivity contribution in [1.82, 2.24) is 0 Å². The van der Waals surface area contributed by atoms with Crippen molar-refractivity contribution in [1.29, 1.82) is 0 Å². The van der Waals surface area contributed by atoms with Gasteiger partial charge in [0.1, 0.15) is 19.3 Å². The Balaban J connectivity index is 5.22. The van der Waals surface area contributed by atoms with Crippen LogP contribution in [0.3, 0.4) is 0 Å². The highest BCUT2D eigenvalue weighted by molar-refractivity contribution is 7.47. The molecule has 0 amide bonds. The molecule has 0 aliphatic rings. The van der Waals surface area contributed by atoms with Gasteiger partial charge in [0.25, 0.3) is 0 Å². The Labute approximate surface area is 511 Å². The largest absolute Gasteiger partial charge is 0.472 e. The minimum Gasteiger partial charge on any atom is -0.462 e. The molecule has 19 heteroatoms. The molecule has 17 nitrogen and oxygen atoms in total. The summed E-state index contributed by atoms with van der Waals surface area (Å²) in [6, 6.07) is 0. The predicted molar refractivity (Wildman–Crippen MR) is 335 cm³/mol. The predicted octanol–water partition coefficient (Wildman–Crippen LogP) is 18.0. The third-order valence-corrected chi connectivity index (χ3v) is 16.9. The number of carbonyl (C=O) groups excluding carboxylic acids is 4. The van der Waals surface area contributed by atoms with E-state index in [1.807, 2.05) is 0 Å². The maximum absolute atomic E-state index is 13.0. The van der Waals surface area contributed by atoms with Crippen LogP contribution in [0.15, 0.2) is 0 Å². The number of unbranched alkanes of at least 4 members (excludes halogenated alkanes) is 34. The van der Waals surface area contributed by atoms with Crippen LogP contribution in [-0.4, -0.2) is 96.7 Å². The molecule has 0 fully saturated rings. The standard InChI is InChI=1S/C65H126O17P2/c1-7-9-11-13-15-17-18-19-20-21-22-24-30-37-43-49-64(69)81-60(53-76-63(68)48-42-36-29-26-25-27-33-39-45-57(3)4)55-79-83(71,72)77-51-59(66)52-78-84(73,74)80-56-61(82-65(70)50-44-38-32-31-34-40-46-58(5)6)54-75-62(67)47-41-35-28-23-16-14-12-10-8-2/h57-61,66H,7-56H2,1-6H3,(H,71,72)(H,73,74)/t59-,60-,61-/m1/s1. The molecule has 0 spiro atoms. The number of aliphatic hydroxyl groups is 1. The number of hydrogen-bond acceptors (Lipinski definition) is 15. The second kappa shape index (κ2) is 57.5. The van der Waals surface area contributed by atoms with E-state index in [2.05, 4.69) is 41.5 Å². The fraction of sp³-hybridized carbons (Fsp3) is 0.938. The minimum absolute atomic E-state index is 0.102. The van der Waals surface area contributed by atoms with Crippen LogP contribution in [-0.2, 0) is 65.4 Å². The molecular weight excluding hydrogens is 1110 g/mol. The lowest BCUT2D eigenvalue weighted by Crippen LogP contribution is -2.30. The van der Waals surface area contributed by atoms with Gasteiger partial charge < -0.3 is 33.8 Å². The molecule has 0 saturated heterocycles. The Hall–Kier alpha value is -1.94. The summed E-state index contributed by atoms with van der Waals surface area (Å²) in [6.45, 7) is 9.37. The monoisotopic (exact) mass is 1240 g/mol. The minimum atomic E-state index is -4.95. The molecule has 0 saturated carbocycles. The molecule has 0 aromatic rings. The molecule has 498 valence electrons. The van der Waals surface area contributed by atoms with E-state index >= 15 is 0 Å². The van der Waals surface area contributed by atoms with E-state index in [1.165, 1.54) is 141 Å². The zero-order valence-corrected chi connectivity index (χ0v) is 56.0. The Morgan fingerprint density at radius 2 is 0.548 bits per heavy atom. The average molecular weight is 1240 g/mol. The van der Waals surface area contributed by atoms with E-state index in [-0.39, 0.29) is 25.7 Å². The maximum atomic E-state index is 13.0. The van der Waals surface area contributed by atoms with Crippen molar-refractivity contribution in [3.05, 3.63) is 0 Å². The number of ether oxygens (including phenoxy) is 4. The first-order valence-electron chi connectivity index (χ1n) is 34.0. The third kappa shape index (κ3) is 59.0.